The third-order valence-electron chi connectivity index (χ3n) is 6.07. The normalized spacial score (nSPS) is 21.4. The molecule has 2 aliphatic rings. The molecule has 172 valence electrons. The van der Waals surface area contributed by atoms with Crippen molar-refractivity contribution in [1.29, 1.82) is 0 Å². The molecule has 2 atom stereocenters. The van der Waals surface area contributed by atoms with Crippen LogP contribution in [0.25, 0.3) is 11.3 Å². The van der Waals surface area contributed by atoms with Crippen LogP contribution >= 0.6 is 35.4 Å². The van der Waals surface area contributed by atoms with Crippen LogP contribution in [0.5, 0.6) is 0 Å². The number of benzene rings is 1. The molecule has 2 fully saturated rings. The van der Waals surface area contributed by atoms with Crippen molar-refractivity contribution in [2.24, 2.45) is 0 Å². The molecule has 33 heavy (non-hydrogen) atoms. The van der Waals surface area contributed by atoms with Crippen molar-refractivity contribution in [3.05, 3.63) is 76.2 Å². The summed E-state index contributed by atoms with van der Waals surface area (Å²) in [5.41, 5.74) is 1.72. The fourth-order valence-electron chi connectivity index (χ4n) is 4.38. The summed E-state index contributed by atoms with van der Waals surface area (Å²) < 4.78 is 11.9. The largest absolute Gasteiger partial charge is 0.459 e. The third-order valence-corrected chi connectivity index (χ3v) is 6.97. The van der Waals surface area contributed by atoms with Gasteiger partial charge in [-0.05, 0) is 54.7 Å². The molecule has 4 heterocycles. The van der Waals surface area contributed by atoms with Gasteiger partial charge in [-0.15, -0.1) is 0 Å². The lowest BCUT2D eigenvalue weighted by atomic mass is 10.0. The van der Waals surface area contributed by atoms with Gasteiger partial charge in [0, 0.05) is 43.0 Å². The van der Waals surface area contributed by atoms with E-state index in [2.05, 4.69) is 20.1 Å². The summed E-state index contributed by atoms with van der Waals surface area (Å²) in [7, 11) is 0. The Hall–Kier alpha value is -2.16. The highest BCUT2D eigenvalue weighted by Crippen LogP contribution is 2.41. The van der Waals surface area contributed by atoms with E-state index in [-0.39, 0.29) is 12.1 Å². The van der Waals surface area contributed by atoms with Crippen molar-refractivity contribution in [3.63, 3.8) is 0 Å². The van der Waals surface area contributed by atoms with Crippen LogP contribution in [-0.4, -0.2) is 59.3 Å². The van der Waals surface area contributed by atoms with Crippen LogP contribution in [0.3, 0.4) is 0 Å². The molecule has 2 saturated heterocycles. The van der Waals surface area contributed by atoms with E-state index in [0.29, 0.717) is 20.9 Å². The van der Waals surface area contributed by atoms with Gasteiger partial charge in [-0.25, -0.2) is 0 Å². The predicted octanol–water partition coefficient (Wildman–Crippen LogP) is 4.95. The van der Waals surface area contributed by atoms with E-state index in [1.165, 1.54) is 0 Å². The number of morpholine rings is 1. The van der Waals surface area contributed by atoms with Crippen LogP contribution in [0, 0.1) is 0 Å². The van der Waals surface area contributed by atoms with Gasteiger partial charge in [0.1, 0.15) is 17.6 Å². The van der Waals surface area contributed by atoms with Gasteiger partial charge in [0.05, 0.1) is 30.0 Å². The monoisotopic (exact) mass is 502 g/mol. The molecule has 2 aliphatic heterocycles. The first-order chi connectivity index (χ1) is 16.1. The predicted molar refractivity (Wildman–Crippen MR) is 134 cm³/mol. The lowest BCUT2D eigenvalue weighted by molar-refractivity contribution is 0.0347. The van der Waals surface area contributed by atoms with Crippen molar-refractivity contribution < 1.29 is 9.15 Å². The minimum Gasteiger partial charge on any atom is -0.459 e. The molecule has 5 rings (SSSR count). The Bertz CT molecular complexity index is 1120. The van der Waals surface area contributed by atoms with Crippen LogP contribution in [-0.2, 0) is 4.74 Å². The Morgan fingerprint density at radius 1 is 1.06 bits per heavy atom. The molecular weight excluding hydrogens is 479 g/mol. The average Bonchev–Trinajstić information content (AvgIpc) is 3.43. The Kier molecular flexibility index (Phi) is 6.85. The number of furan rings is 1. The summed E-state index contributed by atoms with van der Waals surface area (Å²) in [6.07, 6.45) is 1.80. The molecular formula is C24H24Cl2N4O2S. The summed E-state index contributed by atoms with van der Waals surface area (Å²) in [5, 5.41) is 5.31. The van der Waals surface area contributed by atoms with E-state index in [1.54, 1.807) is 12.3 Å². The molecule has 0 radical (unpaired) electrons. The fraction of sp³-hybridized carbons (Fsp3) is 0.333. The number of halogens is 2. The lowest BCUT2D eigenvalue weighted by Crippen LogP contribution is -2.42. The van der Waals surface area contributed by atoms with Gasteiger partial charge in [0.15, 0.2) is 5.11 Å². The first-order valence-corrected chi connectivity index (χ1v) is 12.1. The second-order valence-electron chi connectivity index (χ2n) is 8.10. The molecule has 2 aromatic heterocycles. The van der Waals surface area contributed by atoms with Crippen molar-refractivity contribution in [1.82, 2.24) is 20.1 Å². The number of aromatic nitrogens is 1. The zero-order valence-corrected chi connectivity index (χ0v) is 20.2. The van der Waals surface area contributed by atoms with Gasteiger partial charge >= 0.3 is 0 Å². The average molecular weight is 503 g/mol. The van der Waals surface area contributed by atoms with E-state index in [4.69, 9.17) is 44.6 Å². The zero-order valence-electron chi connectivity index (χ0n) is 17.9. The number of hydrogen-bond acceptors (Lipinski definition) is 5. The highest BCUT2D eigenvalue weighted by atomic mass is 35.5. The molecule has 0 bridgehead atoms. The van der Waals surface area contributed by atoms with Gasteiger partial charge < -0.3 is 19.4 Å². The second kappa shape index (κ2) is 9.99. The molecule has 0 spiro atoms. The van der Waals surface area contributed by atoms with Crippen molar-refractivity contribution in [3.8, 4) is 11.3 Å². The maximum absolute atomic E-state index is 6.43. The van der Waals surface area contributed by atoms with Crippen LogP contribution in [0.15, 0.2) is 59.1 Å². The maximum atomic E-state index is 6.43. The fourth-order valence-corrected chi connectivity index (χ4v) is 5.21. The van der Waals surface area contributed by atoms with Crippen LogP contribution in [0.4, 0.5) is 0 Å². The van der Waals surface area contributed by atoms with E-state index < -0.39 is 0 Å². The number of ether oxygens (including phenoxy) is 1. The number of thiocarbonyl (C=S) groups is 1. The van der Waals surface area contributed by atoms with Crippen molar-refractivity contribution in [2.45, 2.75) is 12.1 Å². The Balaban J connectivity index is 1.45. The number of nitrogens with one attached hydrogen (secondary N) is 1. The van der Waals surface area contributed by atoms with E-state index in [1.807, 2.05) is 42.5 Å². The first-order valence-electron chi connectivity index (χ1n) is 10.9. The molecule has 1 aromatic carbocycles. The van der Waals surface area contributed by atoms with Crippen molar-refractivity contribution >= 4 is 40.5 Å². The summed E-state index contributed by atoms with van der Waals surface area (Å²) in [6.45, 7) is 5.08. The molecule has 0 aliphatic carbocycles. The molecule has 1 N–H and O–H groups in total. The minimum atomic E-state index is -0.131. The summed E-state index contributed by atoms with van der Waals surface area (Å²) >= 11 is 18.3. The summed E-state index contributed by atoms with van der Waals surface area (Å²) in [5.74, 6) is 1.50. The number of pyridine rings is 1. The summed E-state index contributed by atoms with van der Waals surface area (Å²) in [6, 6.07) is 15.0. The van der Waals surface area contributed by atoms with Crippen LogP contribution in [0.1, 0.15) is 23.5 Å². The highest BCUT2D eigenvalue weighted by Gasteiger charge is 2.41. The SMILES string of the molecule is S=C1N[C@H](c2ccccn2)[C@@H](c2ccc(-c3ccc(Cl)cc3Cl)o2)N1CCN1CCOCC1. The maximum Gasteiger partial charge on any atom is 0.170 e. The number of nitrogens with zero attached hydrogens (tertiary/aromatic N) is 3. The van der Waals surface area contributed by atoms with E-state index in [9.17, 15) is 0 Å². The summed E-state index contributed by atoms with van der Waals surface area (Å²) in [4.78, 5) is 9.20. The third kappa shape index (κ3) is 4.88. The molecule has 0 saturated carbocycles. The van der Waals surface area contributed by atoms with Gasteiger partial charge in [-0.3, -0.25) is 9.88 Å². The lowest BCUT2D eigenvalue weighted by Gasteiger charge is -2.31. The molecule has 0 amide bonds. The highest BCUT2D eigenvalue weighted by molar-refractivity contribution is 7.80. The topological polar surface area (TPSA) is 53.8 Å². The van der Waals surface area contributed by atoms with Gasteiger partial charge in [-0.2, -0.15) is 0 Å². The van der Waals surface area contributed by atoms with Crippen molar-refractivity contribution in [2.75, 3.05) is 39.4 Å². The van der Waals surface area contributed by atoms with Crippen LogP contribution in [0.2, 0.25) is 10.0 Å². The van der Waals surface area contributed by atoms with E-state index >= 15 is 0 Å². The Morgan fingerprint density at radius 2 is 1.91 bits per heavy atom. The smallest absolute Gasteiger partial charge is 0.170 e. The molecule has 0 unspecified atom stereocenters. The molecule has 6 nitrogen and oxygen atoms in total. The Morgan fingerprint density at radius 3 is 2.67 bits per heavy atom. The second-order valence-corrected chi connectivity index (χ2v) is 9.33. The van der Waals surface area contributed by atoms with Gasteiger partial charge in [0.25, 0.3) is 0 Å². The quantitative estimate of drug-likeness (QED) is 0.478. The standard InChI is InChI=1S/C24H24Cl2N4O2S/c25-16-4-5-17(18(26)15-16)20-6-7-21(32-20)23-22(19-3-1-2-8-27-19)28-24(33)30(23)10-9-29-11-13-31-14-12-29/h1-8,15,22-23H,9-14H2,(H,28,33)/t22-,23-/m1/s1. The van der Waals surface area contributed by atoms with Crippen LogP contribution < -0.4 is 5.32 Å². The Labute approximate surface area is 208 Å². The first kappa shape index (κ1) is 22.6. The van der Waals surface area contributed by atoms with Gasteiger partial charge in [-0.1, -0.05) is 29.3 Å². The number of rotatable bonds is 6. The van der Waals surface area contributed by atoms with E-state index in [0.717, 1.165) is 56.4 Å². The number of hydrogen-bond donors (Lipinski definition) is 1. The zero-order chi connectivity index (χ0) is 22.8. The molecule has 9 heteroatoms. The van der Waals surface area contributed by atoms with Gasteiger partial charge in [0.2, 0.25) is 0 Å². The molecule has 3 aromatic rings. The minimum absolute atomic E-state index is 0.122.